The first kappa shape index (κ1) is 22.0. The Morgan fingerprint density at radius 2 is 1.48 bits per heavy atom. The van der Waals surface area contributed by atoms with Crippen molar-refractivity contribution in [3.05, 3.63) is 60.2 Å². The molecule has 0 bridgehead atoms. The molecule has 29 heavy (non-hydrogen) atoms. The van der Waals surface area contributed by atoms with E-state index in [-0.39, 0.29) is 15.7 Å². The molecule has 6 nitrogen and oxygen atoms in total. The third-order valence-corrected chi connectivity index (χ3v) is 9.40. The van der Waals surface area contributed by atoms with E-state index in [9.17, 15) is 16.8 Å². The average Bonchev–Trinajstić information content (AvgIpc) is 2.75. The summed E-state index contributed by atoms with van der Waals surface area (Å²) in [5.74, 6) is 0.169. The summed E-state index contributed by atoms with van der Waals surface area (Å²) >= 11 is 0. The second kappa shape index (κ2) is 8.95. The summed E-state index contributed by atoms with van der Waals surface area (Å²) in [7, 11) is -7.28. The molecule has 0 unspecified atom stereocenters. The molecule has 1 saturated heterocycles. The number of nitrogens with zero attached hydrogens (tertiary/aromatic N) is 2. The third-order valence-electron chi connectivity index (χ3n) is 5.46. The predicted molar refractivity (Wildman–Crippen MR) is 114 cm³/mol. The SMILES string of the molecule is CCN(CC)S(=O)(=O)c1ccc(S(=O)(=O)N2CCC[C@H](c3ccccc3)C2)cc1. The van der Waals surface area contributed by atoms with Crippen molar-refractivity contribution in [2.75, 3.05) is 26.2 Å². The van der Waals surface area contributed by atoms with E-state index in [0.717, 1.165) is 18.4 Å². The van der Waals surface area contributed by atoms with Crippen LogP contribution >= 0.6 is 0 Å². The van der Waals surface area contributed by atoms with Gasteiger partial charge in [-0.1, -0.05) is 44.2 Å². The maximum absolute atomic E-state index is 13.1. The van der Waals surface area contributed by atoms with Crippen molar-refractivity contribution in [3.63, 3.8) is 0 Å². The van der Waals surface area contributed by atoms with E-state index in [0.29, 0.717) is 26.2 Å². The van der Waals surface area contributed by atoms with Gasteiger partial charge >= 0.3 is 0 Å². The Morgan fingerprint density at radius 1 is 0.897 bits per heavy atom. The lowest BCUT2D eigenvalue weighted by molar-refractivity contribution is 0.315. The van der Waals surface area contributed by atoms with Gasteiger partial charge < -0.3 is 0 Å². The van der Waals surface area contributed by atoms with Crippen LogP contribution in [-0.2, 0) is 20.0 Å². The highest BCUT2D eigenvalue weighted by Gasteiger charge is 2.31. The molecule has 1 aliphatic heterocycles. The summed E-state index contributed by atoms with van der Waals surface area (Å²) in [6, 6.07) is 15.5. The summed E-state index contributed by atoms with van der Waals surface area (Å²) in [4.78, 5) is 0.241. The average molecular weight is 437 g/mol. The smallest absolute Gasteiger partial charge is 0.207 e. The first-order valence-electron chi connectivity index (χ1n) is 9.96. The first-order valence-corrected chi connectivity index (χ1v) is 12.8. The minimum atomic E-state index is -3.67. The van der Waals surface area contributed by atoms with E-state index in [2.05, 4.69) is 0 Å². The van der Waals surface area contributed by atoms with Crippen molar-refractivity contribution >= 4 is 20.0 Å². The molecular formula is C21H28N2O4S2. The standard InChI is InChI=1S/C21H28N2O4S2/c1-3-22(4-2)28(24,25)20-12-14-21(15-13-20)29(26,27)23-16-8-11-19(17-23)18-9-6-5-7-10-18/h5-7,9-10,12-15,19H,3-4,8,11,16-17H2,1-2H3/t19-/m0/s1. The zero-order chi connectivity index (χ0) is 21.1. The molecule has 0 N–H and O–H groups in total. The van der Waals surface area contributed by atoms with E-state index in [4.69, 9.17) is 0 Å². The van der Waals surface area contributed by atoms with Gasteiger partial charge in [0.25, 0.3) is 0 Å². The first-order chi connectivity index (χ1) is 13.8. The summed E-state index contributed by atoms with van der Waals surface area (Å²) in [5.41, 5.74) is 1.15. The normalized spacial score (nSPS) is 18.8. The van der Waals surface area contributed by atoms with Gasteiger partial charge in [0.2, 0.25) is 20.0 Å². The molecule has 158 valence electrons. The summed E-state index contributed by atoms with van der Waals surface area (Å²) in [6.07, 6.45) is 1.75. The van der Waals surface area contributed by atoms with Crippen LogP contribution in [0, 0.1) is 0 Å². The van der Waals surface area contributed by atoms with Gasteiger partial charge in [0.05, 0.1) is 9.79 Å². The van der Waals surface area contributed by atoms with Gasteiger partial charge in [0, 0.05) is 26.2 Å². The fourth-order valence-electron chi connectivity index (χ4n) is 3.80. The number of benzene rings is 2. The number of rotatable bonds is 7. The molecule has 8 heteroatoms. The number of hydrogen-bond donors (Lipinski definition) is 0. The maximum Gasteiger partial charge on any atom is 0.243 e. The van der Waals surface area contributed by atoms with Crippen LogP contribution < -0.4 is 0 Å². The van der Waals surface area contributed by atoms with Gasteiger partial charge in [-0.3, -0.25) is 0 Å². The van der Waals surface area contributed by atoms with E-state index >= 15 is 0 Å². The molecule has 1 atom stereocenters. The molecule has 2 aromatic rings. The lowest BCUT2D eigenvalue weighted by Crippen LogP contribution is -2.39. The number of sulfonamides is 2. The van der Waals surface area contributed by atoms with Gasteiger partial charge in [-0.25, -0.2) is 16.8 Å². The summed E-state index contributed by atoms with van der Waals surface area (Å²) < 4.78 is 54.4. The minimum Gasteiger partial charge on any atom is -0.207 e. The molecule has 1 heterocycles. The molecule has 1 aliphatic rings. The highest BCUT2D eigenvalue weighted by Crippen LogP contribution is 2.30. The van der Waals surface area contributed by atoms with E-state index in [1.165, 1.54) is 32.9 Å². The molecule has 0 saturated carbocycles. The Hall–Kier alpha value is -1.74. The van der Waals surface area contributed by atoms with E-state index < -0.39 is 20.0 Å². The highest BCUT2D eigenvalue weighted by molar-refractivity contribution is 7.89. The van der Waals surface area contributed by atoms with Crippen molar-refractivity contribution in [2.45, 2.75) is 42.4 Å². The van der Waals surface area contributed by atoms with Crippen LogP contribution in [0.3, 0.4) is 0 Å². The van der Waals surface area contributed by atoms with Crippen LogP contribution in [0.15, 0.2) is 64.4 Å². The van der Waals surface area contributed by atoms with Gasteiger partial charge in [0.15, 0.2) is 0 Å². The minimum absolute atomic E-state index is 0.112. The molecule has 0 amide bonds. The van der Waals surface area contributed by atoms with Gasteiger partial charge in [-0.05, 0) is 48.6 Å². The number of hydrogen-bond acceptors (Lipinski definition) is 4. The van der Waals surface area contributed by atoms with Crippen LogP contribution in [0.4, 0.5) is 0 Å². The lowest BCUT2D eigenvalue weighted by Gasteiger charge is -2.32. The maximum atomic E-state index is 13.1. The van der Waals surface area contributed by atoms with Crippen LogP contribution in [0.25, 0.3) is 0 Å². The molecule has 1 fully saturated rings. The zero-order valence-electron chi connectivity index (χ0n) is 16.9. The van der Waals surface area contributed by atoms with Crippen LogP contribution in [0.1, 0.15) is 38.2 Å². The van der Waals surface area contributed by atoms with E-state index in [1.54, 1.807) is 13.8 Å². The Kier molecular flexibility index (Phi) is 6.78. The lowest BCUT2D eigenvalue weighted by atomic mass is 9.92. The topological polar surface area (TPSA) is 74.8 Å². The molecule has 0 aromatic heterocycles. The third kappa shape index (κ3) is 4.55. The molecule has 0 spiro atoms. The molecule has 0 aliphatic carbocycles. The Bertz CT molecular complexity index is 1020. The molecule has 0 radical (unpaired) electrons. The van der Waals surface area contributed by atoms with Crippen LogP contribution in [-0.4, -0.2) is 51.6 Å². The van der Waals surface area contributed by atoms with Crippen LogP contribution in [0.2, 0.25) is 0 Å². The summed E-state index contributed by atoms with van der Waals surface area (Å²) in [5, 5.41) is 0. The van der Waals surface area contributed by atoms with Crippen molar-refractivity contribution < 1.29 is 16.8 Å². The van der Waals surface area contributed by atoms with Gasteiger partial charge in [0.1, 0.15) is 0 Å². The molecular weight excluding hydrogens is 408 g/mol. The highest BCUT2D eigenvalue weighted by atomic mass is 32.2. The van der Waals surface area contributed by atoms with Crippen molar-refractivity contribution in [1.82, 2.24) is 8.61 Å². The van der Waals surface area contributed by atoms with Crippen molar-refractivity contribution in [1.29, 1.82) is 0 Å². The second-order valence-corrected chi connectivity index (χ2v) is 11.0. The Labute approximate surface area is 174 Å². The largest absolute Gasteiger partial charge is 0.243 e. The van der Waals surface area contributed by atoms with Gasteiger partial charge in [-0.2, -0.15) is 8.61 Å². The van der Waals surface area contributed by atoms with Crippen molar-refractivity contribution in [2.24, 2.45) is 0 Å². The Balaban J connectivity index is 1.82. The Morgan fingerprint density at radius 3 is 2.07 bits per heavy atom. The summed E-state index contributed by atoms with van der Waals surface area (Å²) in [6.45, 7) is 5.21. The second-order valence-electron chi connectivity index (χ2n) is 7.17. The fourth-order valence-corrected chi connectivity index (χ4v) is 6.79. The van der Waals surface area contributed by atoms with Gasteiger partial charge in [-0.15, -0.1) is 0 Å². The quantitative estimate of drug-likeness (QED) is 0.668. The molecule has 2 aromatic carbocycles. The van der Waals surface area contributed by atoms with E-state index in [1.807, 2.05) is 30.3 Å². The predicted octanol–water partition coefficient (Wildman–Crippen LogP) is 3.29. The fraction of sp³-hybridized carbons (Fsp3) is 0.429. The molecule has 3 rings (SSSR count). The number of piperidine rings is 1. The monoisotopic (exact) mass is 436 g/mol. The zero-order valence-corrected chi connectivity index (χ0v) is 18.5. The van der Waals surface area contributed by atoms with Crippen LogP contribution in [0.5, 0.6) is 0 Å². The van der Waals surface area contributed by atoms with Crippen molar-refractivity contribution in [3.8, 4) is 0 Å².